The molecule has 5 nitrogen and oxygen atoms in total. The van der Waals surface area contributed by atoms with Crippen molar-refractivity contribution in [3.05, 3.63) is 35.9 Å². The number of benzene rings is 1. The molecule has 2 aliphatic carbocycles. The summed E-state index contributed by atoms with van der Waals surface area (Å²) < 4.78 is 6.03. The molecular formula is C26H37N3O2. The van der Waals surface area contributed by atoms with E-state index < -0.39 is 0 Å². The highest BCUT2D eigenvalue weighted by molar-refractivity contribution is 5.81. The molecule has 0 aromatic heterocycles. The Morgan fingerprint density at radius 3 is 2.35 bits per heavy atom. The van der Waals surface area contributed by atoms with Gasteiger partial charge in [-0.2, -0.15) is 0 Å². The van der Waals surface area contributed by atoms with Gasteiger partial charge >= 0.3 is 0 Å². The minimum Gasteiger partial charge on any atom is -0.493 e. The fourth-order valence-corrected chi connectivity index (χ4v) is 5.35. The SMILES string of the molecule is O=C(C1CC=C(c2ccc(OCC3CCNCC3)cc2)CC1)N1CCN(C2CC2)CC1. The van der Waals surface area contributed by atoms with Gasteiger partial charge in [0.2, 0.25) is 5.91 Å². The Morgan fingerprint density at radius 2 is 1.71 bits per heavy atom. The first-order valence-corrected chi connectivity index (χ1v) is 12.4. The fraction of sp³-hybridized carbons (Fsp3) is 0.654. The van der Waals surface area contributed by atoms with Crippen LogP contribution in [0.25, 0.3) is 5.57 Å². The van der Waals surface area contributed by atoms with E-state index in [0.717, 1.165) is 76.9 Å². The van der Waals surface area contributed by atoms with Crippen molar-refractivity contribution >= 4 is 11.5 Å². The van der Waals surface area contributed by atoms with Crippen molar-refractivity contribution in [1.82, 2.24) is 15.1 Å². The summed E-state index contributed by atoms with van der Waals surface area (Å²) in [5.74, 6) is 2.20. The lowest BCUT2D eigenvalue weighted by atomic mass is 9.85. The molecule has 2 aliphatic heterocycles. The van der Waals surface area contributed by atoms with E-state index in [-0.39, 0.29) is 5.92 Å². The maximum Gasteiger partial charge on any atom is 0.226 e. The van der Waals surface area contributed by atoms with Gasteiger partial charge in [-0.25, -0.2) is 0 Å². The molecular weight excluding hydrogens is 386 g/mol. The third-order valence-corrected chi connectivity index (χ3v) is 7.62. The zero-order valence-electron chi connectivity index (χ0n) is 18.7. The summed E-state index contributed by atoms with van der Waals surface area (Å²) in [6.07, 6.45) is 10.3. The standard InChI is InChI=1S/C26H37N3O2/c30-26(29-17-15-28(16-18-29)24-7-8-24)23-3-1-21(2-4-23)22-5-9-25(10-6-22)31-19-20-11-13-27-14-12-20/h1,5-6,9-10,20,23-24,27H,2-4,7-8,11-19H2. The number of piperazine rings is 1. The molecule has 5 heteroatoms. The highest BCUT2D eigenvalue weighted by Gasteiger charge is 2.34. The molecule has 0 spiro atoms. The summed E-state index contributed by atoms with van der Waals surface area (Å²) >= 11 is 0. The van der Waals surface area contributed by atoms with Crippen LogP contribution in [0.1, 0.15) is 50.5 Å². The van der Waals surface area contributed by atoms with Crippen molar-refractivity contribution in [3.63, 3.8) is 0 Å². The van der Waals surface area contributed by atoms with Crippen molar-refractivity contribution < 1.29 is 9.53 Å². The minimum atomic E-state index is 0.170. The molecule has 2 saturated heterocycles. The molecule has 1 aromatic rings. The first kappa shape index (κ1) is 21.0. The lowest BCUT2D eigenvalue weighted by Gasteiger charge is -2.37. The topological polar surface area (TPSA) is 44.8 Å². The van der Waals surface area contributed by atoms with E-state index >= 15 is 0 Å². The van der Waals surface area contributed by atoms with Crippen LogP contribution in [0, 0.1) is 11.8 Å². The molecule has 1 amide bonds. The maximum absolute atomic E-state index is 13.0. The number of hydrogen-bond acceptors (Lipinski definition) is 4. The largest absolute Gasteiger partial charge is 0.493 e. The van der Waals surface area contributed by atoms with Crippen LogP contribution in [0.2, 0.25) is 0 Å². The summed E-state index contributed by atoms with van der Waals surface area (Å²) in [4.78, 5) is 17.7. The predicted octanol–water partition coefficient (Wildman–Crippen LogP) is 3.56. The van der Waals surface area contributed by atoms with E-state index in [2.05, 4.69) is 45.5 Å². The van der Waals surface area contributed by atoms with Gasteiger partial charge in [0.15, 0.2) is 0 Å². The highest BCUT2D eigenvalue weighted by atomic mass is 16.5. The van der Waals surface area contributed by atoms with Crippen LogP contribution >= 0.6 is 0 Å². The molecule has 0 radical (unpaired) electrons. The fourth-order valence-electron chi connectivity index (χ4n) is 5.35. The number of rotatable bonds is 6. The molecule has 3 fully saturated rings. The highest BCUT2D eigenvalue weighted by Crippen LogP contribution is 2.33. The van der Waals surface area contributed by atoms with Crippen LogP contribution in [-0.2, 0) is 4.79 Å². The monoisotopic (exact) mass is 423 g/mol. The van der Waals surface area contributed by atoms with E-state index in [0.29, 0.717) is 11.8 Å². The summed E-state index contributed by atoms with van der Waals surface area (Å²) in [5, 5.41) is 3.41. The first-order chi connectivity index (χ1) is 15.3. The summed E-state index contributed by atoms with van der Waals surface area (Å²) in [7, 11) is 0. The van der Waals surface area contributed by atoms with E-state index in [1.807, 2.05) is 0 Å². The van der Waals surface area contributed by atoms with Crippen molar-refractivity contribution in [2.75, 3.05) is 45.9 Å². The van der Waals surface area contributed by atoms with Gasteiger partial charge in [-0.15, -0.1) is 0 Å². The zero-order valence-corrected chi connectivity index (χ0v) is 18.7. The van der Waals surface area contributed by atoms with Crippen LogP contribution in [0.5, 0.6) is 5.75 Å². The maximum atomic E-state index is 13.0. The van der Waals surface area contributed by atoms with Crippen LogP contribution in [0.15, 0.2) is 30.3 Å². The summed E-state index contributed by atoms with van der Waals surface area (Å²) in [6, 6.07) is 9.40. The number of ether oxygens (including phenoxy) is 1. The lowest BCUT2D eigenvalue weighted by molar-refractivity contribution is -0.137. The molecule has 1 unspecified atom stereocenters. The second-order valence-corrected chi connectivity index (χ2v) is 9.82. The smallest absolute Gasteiger partial charge is 0.226 e. The Hall–Kier alpha value is -1.85. The van der Waals surface area contributed by atoms with Gasteiger partial charge in [0.1, 0.15) is 5.75 Å². The van der Waals surface area contributed by atoms with Crippen LogP contribution < -0.4 is 10.1 Å². The Balaban J connectivity index is 1.10. The molecule has 2 heterocycles. The Kier molecular flexibility index (Phi) is 6.61. The number of carbonyl (C=O) groups excluding carboxylic acids is 1. The van der Waals surface area contributed by atoms with E-state index in [4.69, 9.17) is 4.74 Å². The second-order valence-electron chi connectivity index (χ2n) is 9.82. The van der Waals surface area contributed by atoms with E-state index in [1.54, 1.807) is 0 Å². The van der Waals surface area contributed by atoms with Gasteiger partial charge in [0.25, 0.3) is 0 Å². The molecule has 1 N–H and O–H groups in total. The molecule has 0 bridgehead atoms. The molecule has 31 heavy (non-hydrogen) atoms. The van der Waals surface area contributed by atoms with Crippen molar-refractivity contribution in [1.29, 1.82) is 0 Å². The predicted molar refractivity (Wildman–Crippen MR) is 124 cm³/mol. The van der Waals surface area contributed by atoms with Gasteiger partial charge in [-0.05, 0) is 87.2 Å². The number of hydrogen-bond donors (Lipinski definition) is 1. The Morgan fingerprint density at radius 1 is 0.968 bits per heavy atom. The molecule has 1 aromatic carbocycles. The van der Waals surface area contributed by atoms with E-state index in [9.17, 15) is 4.79 Å². The zero-order chi connectivity index (χ0) is 21.0. The summed E-state index contributed by atoms with van der Waals surface area (Å²) in [5.41, 5.74) is 2.66. The van der Waals surface area contributed by atoms with Gasteiger partial charge in [-0.3, -0.25) is 9.69 Å². The second kappa shape index (κ2) is 9.74. The normalized spacial score (nSPS) is 25.9. The molecule has 4 aliphatic rings. The van der Waals surface area contributed by atoms with Gasteiger partial charge in [0, 0.05) is 38.1 Å². The lowest BCUT2D eigenvalue weighted by Crippen LogP contribution is -2.51. The van der Waals surface area contributed by atoms with Crippen molar-refractivity contribution in [3.8, 4) is 5.75 Å². The van der Waals surface area contributed by atoms with Crippen LogP contribution in [0.4, 0.5) is 0 Å². The third-order valence-electron chi connectivity index (χ3n) is 7.62. The first-order valence-electron chi connectivity index (χ1n) is 12.4. The third kappa shape index (κ3) is 5.32. The molecule has 5 rings (SSSR count). The number of allylic oxidation sites excluding steroid dienone is 2. The molecule has 1 saturated carbocycles. The molecule has 168 valence electrons. The average molecular weight is 424 g/mol. The number of piperidine rings is 1. The van der Waals surface area contributed by atoms with Crippen LogP contribution in [0.3, 0.4) is 0 Å². The van der Waals surface area contributed by atoms with Crippen molar-refractivity contribution in [2.24, 2.45) is 11.8 Å². The minimum absolute atomic E-state index is 0.170. The van der Waals surface area contributed by atoms with Crippen molar-refractivity contribution in [2.45, 2.75) is 51.0 Å². The average Bonchev–Trinajstić information content (AvgIpc) is 3.69. The van der Waals surface area contributed by atoms with Gasteiger partial charge in [-0.1, -0.05) is 18.2 Å². The quantitative estimate of drug-likeness (QED) is 0.760. The number of carbonyl (C=O) groups is 1. The number of nitrogens with one attached hydrogen (secondary N) is 1. The van der Waals surface area contributed by atoms with Gasteiger partial charge in [0.05, 0.1) is 6.61 Å². The number of amides is 1. The summed E-state index contributed by atoms with van der Waals surface area (Å²) in [6.45, 7) is 7.01. The molecule has 1 atom stereocenters. The van der Waals surface area contributed by atoms with E-state index in [1.165, 1.54) is 36.8 Å². The van der Waals surface area contributed by atoms with Gasteiger partial charge < -0.3 is 15.0 Å². The Labute approximate surface area is 186 Å². The Bertz CT molecular complexity index is 772. The van der Waals surface area contributed by atoms with Crippen LogP contribution in [-0.4, -0.2) is 67.6 Å². The number of nitrogens with zero attached hydrogens (tertiary/aromatic N) is 2.